The minimum atomic E-state index is -0.312. The highest BCUT2D eigenvalue weighted by Gasteiger charge is 2.44. The second-order valence-electron chi connectivity index (χ2n) is 4.25. The lowest BCUT2D eigenvalue weighted by atomic mass is 9.99. The number of benzene rings is 1. The van der Waals surface area contributed by atoms with E-state index < -0.39 is 0 Å². The molecule has 1 saturated heterocycles. The van der Waals surface area contributed by atoms with Gasteiger partial charge >= 0.3 is 0 Å². The van der Waals surface area contributed by atoms with Crippen LogP contribution in [-0.2, 0) is 11.2 Å². The minimum absolute atomic E-state index is 0.0317. The molecule has 0 unspecified atom stereocenters. The van der Waals surface area contributed by atoms with Gasteiger partial charge in [0.1, 0.15) is 24.1 Å². The van der Waals surface area contributed by atoms with Gasteiger partial charge in [-0.25, -0.2) is 0 Å². The van der Waals surface area contributed by atoms with Crippen LogP contribution in [0.4, 0.5) is 0 Å². The topological polar surface area (TPSA) is 42.2 Å². The Labute approximate surface area is 94.6 Å². The molecule has 16 heavy (non-hydrogen) atoms. The Morgan fingerprint density at radius 2 is 2.38 bits per heavy atom. The van der Waals surface area contributed by atoms with Crippen molar-refractivity contribution in [3.8, 4) is 11.8 Å². The summed E-state index contributed by atoms with van der Waals surface area (Å²) in [4.78, 5) is 0. The summed E-state index contributed by atoms with van der Waals surface area (Å²) in [6, 6.07) is 8.26. The molecule has 2 heterocycles. The Bertz CT molecular complexity index is 463. The molecule has 3 rings (SSSR count). The molecule has 0 spiro atoms. The van der Waals surface area contributed by atoms with Crippen molar-refractivity contribution in [3.63, 3.8) is 0 Å². The number of ether oxygens (including phenoxy) is 2. The summed E-state index contributed by atoms with van der Waals surface area (Å²) in [7, 11) is 0. The van der Waals surface area contributed by atoms with E-state index in [9.17, 15) is 0 Å². The van der Waals surface area contributed by atoms with Gasteiger partial charge in [0.05, 0.1) is 6.07 Å². The Balaban J connectivity index is 2.01. The van der Waals surface area contributed by atoms with Crippen molar-refractivity contribution < 1.29 is 9.47 Å². The van der Waals surface area contributed by atoms with Gasteiger partial charge < -0.3 is 9.47 Å². The van der Waals surface area contributed by atoms with E-state index in [1.54, 1.807) is 0 Å². The quantitative estimate of drug-likeness (QED) is 0.722. The first-order valence-corrected chi connectivity index (χ1v) is 5.67. The third-order valence-corrected chi connectivity index (χ3v) is 3.34. The van der Waals surface area contributed by atoms with Gasteiger partial charge in [0.25, 0.3) is 0 Å². The maximum Gasteiger partial charge on any atom is 0.148 e. The fraction of sp³-hybridized carbons (Fsp3) is 0.462. The smallest absolute Gasteiger partial charge is 0.148 e. The Morgan fingerprint density at radius 1 is 1.50 bits per heavy atom. The molecule has 0 aromatic heterocycles. The van der Waals surface area contributed by atoms with Crippen molar-refractivity contribution in [2.24, 2.45) is 0 Å². The third kappa shape index (κ3) is 1.23. The maximum atomic E-state index is 8.87. The fourth-order valence-electron chi connectivity index (χ4n) is 2.59. The number of nitrogens with zero attached hydrogens (tertiary/aromatic N) is 1. The van der Waals surface area contributed by atoms with Crippen LogP contribution in [0.2, 0.25) is 0 Å². The van der Waals surface area contributed by atoms with Crippen LogP contribution < -0.4 is 4.74 Å². The molecule has 0 saturated carbocycles. The molecule has 3 heteroatoms. The highest BCUT2D eigenvalue weighted by molar-refractivity contribution is 5.46. The molecule has 0 aliphatic carbocycles. The van der Waals surface area contributed by atoms with E-state index in [1.165, 1.54) is 5.56 Å². The van der Waals surface area contributed by atoms with Gasteiger partial charge in [-0.2, -0.15) is 5.26 Å². The summed E-state index contributed by atoms with van der Waals surface area (Å²) in [5.41, 5.74) is 2.43. The average Bonchev–Trinajstić information content (AvgIpc) is 2.84. The SMILES string of the molecule is CCc1cccc2c1[C@@H]1O[C@@H](C#N)C[C@@H]1O2. The summed E-state index contributed by atoms with van der Waals surface area (Å²) in [5, 5.41) is 8.87. The largest absolute Gasteiger partial charge is 0.487 e. The molecule has 3 nitrogen and oxygen atoms in total. The van der Waals surface area contributed by atoms with E-state index >= 15 is 0 Å². The van der Waals surface area contributed by atoms with Crippen LogP contribution in [0.1, 0.15) is 30.6 Å². The molecular formula is C13H13NO2. The molecule has 2 aliphatic heterocycles. The van der Waals surface area contributed by atoms with Crippen LogP contribution in [0.3, 0.4) is 0 Å². The van der Waals surface area contributed by atoms with Gasteiger partial charge in [-0.1, -0.05) is 19.1 Å². The average molecular weight is 215 g/mol. The van der Waals surface area contributed by atoms with Crippen LogP contribution in [-0.4, -0.2) is 12.2 Å². The second-order valence-corrected chi connectivity index (χ2v) is 4.25. The molecule has 1 aromatic rings. The number of nitriles is 1. The van der Waals surface area contributed by atoms with Gasteiger partial charge in [0.15, 0.2) is 0 Å². The molecule has 0 bridgehead atoms. The number of hydrogen-bond acceptors (Lipinski definition) is 3. The van der Waals surface area contributed by atoms with Gasteiger partial charge in [0, 0.05) is 12.0 Å². The Hall–Kier alpha value is -1.53. The Kier molecular flexibility index (Phi) is 2.12. The molecule has 0 radical (unpaired) electrons. The first-order chi connectivity index (χ1) is 7.83. The minimum Gasteiger partial charge on any atom is -0.487 e. The van der Waals surface area contributed by atoms with Crippen molar-refractivity contribution in [2.45, 2.75) is 38.1 Å². The monoisotopic (exact) mass is 215 g/mol. The van der Waals surface area contributed by atoms with Gasteiger partial charge in [-0.3, -0.25) is 0 Å². The summed E-state index contributed by atoms with van der Waals surface area (Å²) in [6.45, 7) is 2.12. The van der Waals surface area contributed by atoms with E-state index in [1.807, 2.05) is 12.1 Å². The first-order valence-electron chi connectivity index (χ1n) is 5.67. The molecule has 2 aliphatic rings. The first kappa shape index (κ1) is 9.68. The van der Waals surface area contributed by atoms with Crippen LogP contribution in [0, 0.1) is 11.3 Å². The van der Waals surface area contributed by atoms with Crippen molar-refractivity contribution in [3.05, 3.63) is 29.3 Å². The lowest BCUT2D eigenvalue weighted by molar-refractivity contribution is 0.0547. The normalized spacial score (nSPS) is 30.4. The zero-order valence-corrected chi connectivity index (χ0v) is 9.14. The zero-order valence-electron chi connectivity index (χ0n) is 9.14. The predicted molar refractivity (Wildman–Crippen MR) is 58.1 cm³/mol. The van der Waals surface area contributed by atoms with E-state index in [0.717, 1.165) is 17.7 Å². The molecule has 1 fully saturated rings. The van der Waals surface area contributed by atoms with E-state index in [4.69, 9.17) is 14.7 Å². The van der Waals surface area contributed by atoms with Gasteiger partial charge in [-0.15, -0.1) is 0 Å². The summed E-state index contributed by atoms with van der Waals surface area (Å²) in [6.07, 6.45) is 1.34. The standard InChI is InChI=1S/C13H13NO2/c1-2-8-4-3-5-10-12(8)13-11(16-10)6-9(7-14)15-13/h3-5,9,11,13H,2,6H2,1H3/t9-,11+,13-/m1/s1. The highest BCUT2D eigenvalue weighted by Crippen LogP contribution is 2.47. The summed E-state index contributed by atoms with van der Waals surface area (Å²) in [5.74, 6) is 0.936. The number of aryl methyl sites for hydroxylation is 1. The summed E-state index contributed by atoms with van der Waals surface area (Å²) >= 11 is 0. The van der Waals surface area contributed by atoms with Crippen molar-refractivity contribution in [1.82, 2.24) is 0 Å². The molecule has 0 amide bonds. The second kappa shape index (κ2) is 3.50. The molecule has 3 atom stereocenters. The third-order valence-electron chi connectivity index (χ3n) is 3.34. The zero-order chi connectivity index (χ0) is 11.1. The van der Waals surface area contributed by atoms with Crippen LogP contribution >= 0.6 is 0 Å². The summed E-state index contributed by atoms with van der Waals surface area (Å²) < 4.78 is 11.5. The maximum absolute atomic E-state index is 8.87. The van der Waals surface area contributed by atoms with Crippen LogP contribution in [0.25, 0.3) is 0 Å². The van der Waals surface area contributed by atoms with E-state index in [0.29, 0.717) is 6.42 Å². The van der Waals surface area contributed by atoms with Crippen molar-refractivity contribution >= 4 is 0 Å². The van der Waals surface area contributed by atoms with E-state index in [2.05, 4.69) is 19.1 Å². The predicted octanol–water partition coefficient (Wildman–Crippen LogP) is 2.36. The van der Waals surface area contributed by atoms with Crippen LogP contribution in [0.5, 0.6) is 5.75 Å². The lowest BCUT2D eigenvalue weighted by Gasteiger charge is -2.10. The highest BCUT2D eigenvalue weighted by atomic mass is 16.6. The molecular weight excluding hydrogens is 202 g/mol. The lowest BCUT2D eigenvalue weighted by Crippen LogP contribution is -2.12. The van der Waals surface area contributed by atoms with Gasteiger partial charge in [0.2, 0.25) is 0 Å². The van der Waals surface area contributed by atoms with Crippen LogP contribution in [0.15, 0.2) is 18.2 Å². The molecule has 82 valence electrons. The Morgan fingerprint density at radius 3 is 3.12 bits per heavy atom. The van der Waals surface area contributed by atoms with E-state index in [-0.39, 0.29) is 18.3 Å². The number of hydrogen-bond donors (Lipinski definition) is 0. The van der Waals surface area contributed by atoms with Gasteiger partial charge in [-0.05, 0) is 18.1 Å². The number of fused-ring (bicyclic) bond motifs is 3. The molecule has 0 N–H and O–H groups in total. The molecule has 1 aromatic carbocycles. The number of rotatable bonds is 1. The van der Waals surface area contributed by atoms with Crippen molar-refractivity contribution in [1.29, 1.82) is 5.26 Å². The van der Waals surface area contributed by atoms with Crippen molar-refractivity contribution in [2.75, 3.05) is 0 Å². The fourth-order valence-corrected chi connectivity index (χ4v) is 2.59.